The fourth-order valence-corrected chi connectivity index (χ4v) is 4.45. The van der Waals surface area contributed by atoms with E-state index in [1.54, 1.807) is 0 Å². The van der Waals surface area contributed by atoms with Gasteiger partial charge in [0.15, 0.2) is 5.17 Å². The van der Waals surface area contributed by atoms with E-state index in [9.17, 15) is 9.59 Å². The predicted octanol–water partition coefficient (Wildman–Crippen LogP) is 4.03. The molecule has 2 N–H and O–H groups in total. The molecule has 0 radical (unpaired) electrons. The van der Waals surface area contributed by atoms with Gasteiger partial charge in [0.2, 0.25) is 11.8 Å². The van der Waals surface area contributed by atoms with Crippen molar-refractivity contribution in [1.82, 2.24) is 5.32 Å². The van der Waals surface area contributed by atoms with Crippen molar-refractivity contribution in [3.05, 3.63) is 41.5 Å². The van der Waals surface area contributed by atoms with Crippen LogP contribution in [0.4, 0.5) is 5.69 Å². The maximum Gasteiger partial charge on any atom is 0.240 e. The number of nitrogens with one attached hydrogen (secondary N) is 2. The first-order valence-electron chi connectivity index (χ1n) is 9.36. The van der Waals surface area contributed by atoms with Crippen molar-refractivity contribution in [1.29, 1.82) is 0 Å². The molecule has 6 nitrogen and oxygen atoms in total. The highest BCUT2D eigenvalue weighted by Crippen LogP contribution is 2.34. The first-order chi connectivity index (χ1) is 13.2. The standard InChI is InChI=1S/C21H26N4O2S/c1-13-9-15(12-21(3,4)11-13)24-25-20-23-19(27)17(28-20)10-18(26)22-16-8-6-5-7-14(16)2/h5-9,17H,10-12H2,1-4H3,(H,22,26)(H,23,25,27)/b24-15-/t17-/m0/s1. The first-order valence-corrected chi connectivity index (χ1v) is 10.2. The Balaban J connectivity index is 1.61. The molecule has 0 bridgehead atoms. The van der Waals surface area contributed by atoms with Crippen LogP contribution >= 0.6 is 11.8 Å². The Bertz CT molecular complexity index is 886. The summed E-state index contributed by atoms with van der Waals surface area (Å²) in [6.45, 7) is 8.45. The zero-order chi connectivity index (χ0) is 20.3. The number of amides is 2. The molecule has 7 heteroatoms. The third-order valence-corrected chi connectivity index (χ3v) is 5.74. The van der Waals surface area contributed by atoms with E-state index < -0.39 is 5.25 Å². The Morgan fingerprint density at radius 3 is 2.71 bits per heavy atom. The Morgan fingerprint density at radius 2 is 2.00 bits per heavy atom. The lowest BCUT2D eigenvalue weighted by molar-refractivity contribution is -0.122. The number of carbonyl (C=O) groups is 2. The van der Waals surface area contributed by atoms with Gasteiger partial charge in [-0.15, -0.1) is 5.10 Å². The van der Waals surface area contributed by atoms with Crippen LogP contribution in [0.1, 0.15) is 45.6 Å². The van der Waals surface area contributed by atoms with Gasteiger partial charge in [-0.05, 0) is 49.8 Å². The van der Waals surface area contributed by atoms with Gasteiger partial charge in [-0.25, -0.2) is 0 Å². The number of allylic oxidation sites excluding steroid dienone is 2. The van der Waals surface area contributed by atoms with Crippen molar-refractivity contribution in [2.45, 2.75) is 52.2 Å². The number of benzene rings is 1. The minimum Gasteiger partial charge on any atom is -0.326 e. The molecule has 1 fully saturated rings. The summed E-state index contributed by atoms with van der Waals surface area (Å²) in [5.41, 5.74) is 4.11. The van der Waals surface area contributed by atoms with Gasteiger partial charge in [-0.2, -0.15) is 5.10 Å². The molecular weight excluding hydrogens is 372 g/mol. The third-order valence-electron chi connectivity index (χ3n) is 4.67. The molecule has 1 aliphatic heterocycles. The molecule has 2 amide bonds. The van der Waals surface area contributed by atoms with E-state index in [2.05, 4.69) is 47.7 Å². The van der Waals surface area contributed by atoms with Gasteiger partial charge < -0.3 is 10.6 Å². The number of anilines is 1. The fourth-order valence-electron chi connectivity index (χ4n) is 3.54. The highest BCUT2D eigenvalue weighted by Gasteiger charge is 2.32. The summed E-state index contributed by atoms with van der Waals surface area (Å²) in [5, 5.41) is 14.1. The number of hydrogen-bond acceptors (Lipinski definition) is 5. The summed E-state index contributed by atoms with van der Waals surface area (Å²) < 4.78 is 0. The van der Waals surface area contributed by atoms with Crippen molar-refractivity contribution in [3.63, 3.8) is 0 Å². The maximum atomic E-state index is 12.3. The van der Waals surface area contributed by atoms with Gasteiger partial charge in [-0.1, -0.05) is 49.4 Å². The minimum atomic E-state index is -0.497. The monoisotopic (exact) mass is 398 g/mol. The van der Waals surface area contributed by atoms with Crippen molar-refractivity contribution >= 4 is 40.1 Å². The van der Waals surface area contributed by atoms with Crippen LogP contribution in [0.5, 0.6) is 0 Å². The molecule has 28 heavy (non-hydrogen) atoms. The molecule has 1 heterocycles. The molecule has 0 saturated carbocycles. The minimum absolute atomic E-state index is 0.0897. The van der Waals surface area contributed by atoms with E-state index in [-0.39, 0.29) is 23.7 Å². The zero-order valence-electron chi connectivity index (χ0n) is 16.7. The average Bonchev–Trinajstić information content (AvgIpc) is 2.93. The number of aryl methyl sites for hydroxylation is 1. The van der Waals surface area contributed by atoms with Crippen LogP contribution in [0.3, 0.4) is 0 Å². The highest BCUT2D eigenvalue weighted by molar-refractivity contribution is 8.15. The summed E-state index contributed by atoms with van der Waals surface area (Å²) in [5.74, 6) is -0.401. The molecule has 1 aromatic rings. The van der Waals surface area contributed by atoms with Crippen molar-refractivity contribution in [3.8, 4) is 0 Å². The maximum absolute atomic E-state index is 12.3. The Morgan fingerprint density at radius 1 is 1.25 bits per heavy atom. The Labute approximate surface area is 170 Å². The summed E-state index contributed by atoms with van der Waals surface area (Å²) in [6, 6.07) is 7.56. The summed E-state index contributed by atoms with van der Waals surface area (Å²) >= 11 is 1.25. The summed E-state index contributed by atoms with van der Waals surface area (Å²) in [6.07, 6.45) is 4.05. The molecule has 0 spiro atoms. The van der Waals surface area contributed by atoms with E-state index in [0.717, 1.165) is 29.8 Å². The second kappa shape index (κ2) is 8.31. The summed E-state index contributed by atoms with van der Waals surface area (Å²) in [7, 11) is 0. The number of hydrogen-bond donors (Lipinski definition) is 2. The average molecular weight is 399 g/mol. The van der Waals surface area contributed by atoms with Gasteiger partial charge in [0, 0.05) is 12.1 Å². The van der Waals surface area contributed by atoms with Gasteiger partial charge in [0.25, 0.3) is 0 Å². The van der Waals surface area contributed by atoms with Gasteiger partial charge in [0.05, 0.1) is 5.71 Å². The quantitative estimate of drug-likeness (QED) is 0.751. The lowest BCUT2D eigenvalue weighted by Crippen LogP contribution is -2.28. The van der Waals surface area contributed by atoms with Crippen LogP contribution in [-0.4, -0.2) is 27.9 Å². The first kappa shape index (κ1) is 20.3. The van der Waals surface area contributed by atoms with E-state index in [0.29, 0.717) is 5.17 Å². The lowest BCUT2D eigenvalue weighted by atomic mass is 9.77. The molecule has 1 atom stereocenters. The van der Waals surface area contributed by atoms with Crippen molar-refractivity contribution in [2.24, 2.45) is 15.6 Å². The normalized spacial score (nSPS) is 24.2. The van der Waals surface area contributed by atoms with E-state index >= 15 is 0 Å². The molecule has 1 aliphatic carbocycles. The molecular formula is C21H26N4O2S. The Hall–Kier alpha value is -2.41. The zero-order valence-corrected chi connectivity index (χ0v) is 17.5. The van der Waals surface area contributed by atoms with Crippen LogP contribution < -0.4 is 10.6 Å². The number of thioether (sulfide) groups is 1. The molecule has 3 rings (SSSR count). The molecule has 2 aliphatic rings. The molecule has 148 valence electrons. The largest absolute Gasteiger partial charge is 0.326 e. The topological polar surface area (TPSA) is 82.9 Å². The molecule has 0 unspecified atom stereocenters. The van der Waals surface area contributed by atoms with Crippen LogP contribution in [0.15, 0.2) is 46.1 Å². The molecule has 1 aromatic carbocycles. The third kappa shape index (κ3) is 5.32. The number of carbonyl (C=O) groups excluding carboxylic acids is 2. The summed E-state index contributed by atoms with van der Waals surface area (Å²) in [4.78, 5) is 24.5. The van der Waals surface area contributed by atoms with Crippen LogP contribution in [0.25, 0.3) is 0 Å². The van der Waals surface area contributed by atoms with Crippen LogP contribution in [0.2, 0.25) is 0 Å². The van der Waals surface area contributed by atoms with Gasteiger partial charge in [-0.3, -0.25) is 9.59 Å². The molecule has 1 saturated heterocycles. The smallest absolute Gasteiger partial charge is 0.240 e. The number of rotatable bonds is 4. The highest BCUT2D eigenvalue weighted by atomic mass is 32.2. The van der Waals surface area contributed by atoms with E-state index in [1.807, 2.05) is 31.2 Å². The van der Waals surface area contributed by atoms with E-state index in [1.165, 1.54) is 17.3 Å². The van der Waals surface area contributed by atoms with Gasteiger partial charge >= 0.3 is 0 Å². The predicted molar refractivity (Wildman–Crippen MR) is 116 cm³/mol. The number of amidine groups is 1. The van der Waals surface area contributed by atoms with Gasteiger partial charge in [0.1, 0.15) is 5.25 Å². The van der Waals surface area contributed by atoms with Crippen molar-refractivity contribution in [2.75, 3.05) is 5.32 Å². The Kier molecular flexibility index (Phi) is 6.03. The number of para-hydroxylation sites is 1. The number of nitrogens with zero attached hydrogens (tertiary/aromatic N) is 2. The van der Waals surface area contributed by atoms with Crippen LogP contribution in [-0.2, 0) is 9.59 Å². The van der Waals surface area contributed by atoms with E-state index in [4.69, 9.17) is 0 Å². The van der Waals surface area contributed by atoms with Crippen molar-refractivity contribution < 1.29 is 9.59 Å². The SMILES string of the molecule is CC1=C/C(=N/N=C2\NC(=O)[C@H](CC(=O)Nc3ccccc3C)S2)CC(C)(C)C1. The molecule has 0 aromatic heterocycles. The fraction of sp³-hybridized carbons (Fsp3) is 0.429. The second-order valence-corrected chi connectivity index (χ2v) is 9.36. The lowest BCUT2D eigenvalue weighted by Gasteiger charge is -2.28. The second-order valence-electron chi connectivity index (χ2n) is 8.17. The van der Waals surface area contributed by atoms with Crippen LogP contribution in [0, 0.1) is 12.3 Å².